The number of rotatable bonds is 7. The molecule has 3 rings (SSSR count). The van der Waals surface area contributed by atoms with Crippen molar-refractivity contribution in [2.45, 2.75) is 40.2 Å². The minimum absolute atomic E-state index is 0.215. The van der Waals surface area contributed by atoms with E-state index < -0.39 is 6.10 Å². The Bertz CT molecular complexity index is 985. The first kappa shape index (κ1) is 19.7. The second kappa shape index (κ2) is 8.74. The molecule has 146 valence electrons. The number of aryl methyl sites for hydroxylation is 1. The average molecular weight is 378 g/mol. The molecule has 0 aliphatic rings. The largest absolute Gasteiger partial charge is 0.491 e. The van der Waals surface area contributed by atoms with Gasteiger partial charge in [-0.2, -0.15) is 0 Å². The maximum Gasteiger partial charge on any atom is 0.265 e. The predicted octanol–water partition coefficient (Wildman–Crippen LogP) is 5.05. The molecule has 5 nitrogen and oxygen atoms in total. The summed E-state index contributed by atoms with van der Waals surface area (Å²) in [5.41, 5.74) is 3.59. The first-order valence-corrected chi connectivity index (χ1v) is 9.55. The molecule has 1 atom stereocenters. The Balaban J connectivity index is 1.80. The van der Waals surface area contributed by atoms with Gasteiger partial charge in [-0.05, 0) is 68.7 Å². The van der Waals surface area contributed by atoms with E-state index >= 15 is 0 Å². The molecule has 0 radical (unpaired) electrons. The lowest BCUT2D eigenvalue weighted by Gasteiger charge is -2.18. The minimum Gasteiger partial charge on any atom is -0.491 e. The van der Waals surface area contributed by atoms with E-state index in [0.29, 0.717) is 12.3 Å². The van der Waals surface area contributed by atoms with E-state index in [1.807, 2.05) is 56.3 Å². The zero-order valence-electron chi connectivity index (χ0n) is 16.8. The van der Waals surface area contributed by atoms with Crippen molar-refractivity contribution < 1.29 is 14.3 Å². The molecule has 1 heterocycles. The number of ether oxygens (including phenoxy) is 2. The fourth-order valence-corrected chi connectivity index (χ4v) is 2.91. The van der Waals surface area contributed by atoms with Crippen LogP contribution in [0.15, 0.2) is 48.7 Å². The van der Waals surface area contributed by atoms with Gasteiger partial charge in [0, 0.05) is 11.6 Å². The van der Waals surface area contributed by atoms with Gasteiger partial charge in [-0.1, -0.05) is 19.1 Å². The molecule has 0 bridgehead atoms. The number of hydrogen-bond acceptors (Lipinski definition) is 4. The number of carbonyl (C=O) groups is 1. The van der Waals surface area contributed by atoms with Crippen LogP contribution < -0.4 is 14.8 Å². The van der Waals surface area contributed by atoms with E-state index in [2.05, 4.69) is 17.2 Å². The molecule has 0 saturated heterocycles. The normalized spacial score (nSPS) is 11.9. The summed E-state index contributed by atoms with van der Waals surface area (Å²) >= 11 is 0. The molecular formula is C23H26N2O3. The van der Waals surface area contributed by atoms with Gasteiger partial charge < -0.3 is 14.8 Å². The van der Waals surface area contributed by atoms with Crippen LogP contribution >= 0.6 is 0 Å². The van der Waals surface area contributed by atoms with Crippen molar-refractivity contribution in [3.05, 3.63) is 59.8 Å². The molecule has 28 heavy (non-hydrogen) atoms. The number of anilines is 1. The quantitative estimate of drug-likeness (QED) is 0.625. The summed E-state index contributed by atoms with van der Waals surface area (Å²) in [6, 6.07) is 13.3. The van der Waals surface area contributed by atoms with E-state index in [9.17, 15) is 4.79 Å². The van der Waals surface area contributed by atoms with E-state index in [0.717, 1.165) is 39.9 Å². The van der Waals surface area contributed by atoms with Gasteiger partial charge in [0.25, 0.3) is 5.91 Å². The Morgan fingerprint density at radius 1 is 1.11 bits per heavy atom. The van der Waals surface area contributed by atoms with Gasteiger partial charge in [-0.15, -0.1) is 0 Å². The van der Waals surface area contributed by atoms with Gasteiger partial charge in [0.1, 0.15) is 17.0 Å². The smallest absolute Gasteiger partial charge is 0.265 e. The standard InChI is InChI=1S/C23H26N2O3/c1-5-14-27-21-12-11-19(18-9-7-13-24-22(18)21)25-23(26)17(4)28-20-10-6-8-15(2)16(20)3/h6-13,17H,5,14H2,1-4H3,(H,25,26)/t17-/m0/s1. The highest BCUT2D eigenvalue weighted by Crippen LogP contribution is 2.30. The van der Waals surface area contributed by atoms with E-state index in [4.69, 9.17) is 9.47 Å². The number of benzene rings is 2. The van der Waals surface area contributed by atoms with Crippen LogP contribution in [-0.4, -0.2) is 23.6 Å². The van der Waals surface area contributed by atoms with Crippen molar-refractivity contribution in [2.24, 2.45) is 0 Å². The lowest BCUT2D eigenvalue weighted by molar-refractivity contribution is -0.122. The van der Waals surface area contributed by atoms with Crippen molar-refractivity contribution in [3.63, 3.8) is 0 Å². The van der Waals surface area contributed by atoms with Crippen molar-refractivity contribution in [2.75, 3.05) is 11.9 Å². The van der Waals surface area contributed by atoms with Crippen LogP contribution in [0, 0.1) is 13.8 Å². The number of nitrogens with zero attached hydrogens (tertiary/aromatic N) is 1. The molecule has 1 aromatic heterocycles. The number of aromatic nitrogens is 1. The van der Waals surface area contributed by atoms with Gasteiger partial charge >= 0.3 is 0 Å². The van der Waals surface area contributed by atoms with Crippen molar-refractivity contribution >= 4 is 22.5 Å². The van der Waals surface area contributed by atoms with Crippen molar-refractivity contribution in [1.29, 1.82) is 0 Å². The molecule has 5 heteroatoms. The third-order valence-corrected chi connectivity index (χ3v) is 4.68. The number of amides is 1. The van der Waals surface area contributed by atoms with Crippen LogP contribution in [0.4, 0.5) is 5.69 Å². The van der Waals surface area contributed by atoms with Crippen LogP contribution in [0.5, 0.6) is 11.5 Å². The summed E-state index contributed by atoms with van der Waals surface area (Å²) < 4.78 is 11.7. The monoisotopic (exact) mass is 378 g/mol. The average Bonchev–Trinajstić information content (AvgIpc) is 2.70. The lowest BCUT2D eigenvalue weighted by Crippen LogP contribution is -2.30. The van der Waals surface area contributed by atoms with Gasteiger partial charge in [-0.25, -0.2) is 0 Å². The first-order chi connectivity index (χ1) is 13.5. The van der Waals surface area contributed by atoms with Gasteiger partial charge in [-0.3, -0.25) is 9.78 Å². The lowest BCUT2D eigenvalue weighted by atomic mass is 10.1. The Hall–Kier alpha value is -3.08. The summed E-state index contributed by atoms with van der Waals surface area (Å²) in [6.07, 6.45) is 2.00. The summed E-state index contributed by atoms with van der Waals surface area (Å²) in [6.45, 7) is 8.44. The predicted molar refractivity (Wildman–Crippen MR) is 112 cm³/mol. The molecule has 0 unspecified atom stereocenters. The van der Waals surface area contributed by atoms with Crippen molar-refractivity contribution in [3.8, 4) is 11.5 Å². The van der Waals surface area contributed by atoms with Crippen LogP contribution in [0.2, 0.25) is 0 Å². The van der Waals surface area contributed by atoms with Gasteiger partial charge in [0.2, 0.25) is 0 Å². The second-order valence-electron chi connectivity index (χ2n) is 6.81. The molecule has 0 spiro atoms. The summed E-state index contributed by atoms with van der Waals surface area (Å²) in [5.74, 6) is 1.22. The van der Waals surface area contributed by atoms with Crippen molar-refractivity contribution in [1.82, 2.24) is 4.98 Å². The minimum atomic E-state index is -0.636. The molecule has 0 aliphatic heterocycles. The summed E-state index contributed by atoms with van der Waals surface area (Å²) in [7, 11) is 0. The van der Waals surface area contributed by atoms with Crippen LogP contribution in [0.3, 0.4) is 0 Å². The molecule has 3 aromatic rings. The van der Waals surface area contributed by atoms with E-state index in [1.54, 1.807) is 13.1 Å². The number of pyridine rings is 1. The number of fused-ring (bicyclic) bond motifs is 1. The summed E-state index contributed by atoms with van der Waals surface area (Å²) in [5, 5.41) is 3.80. The number of hydrogen-bond donors (Lipinski definition) is 1. The molecule has 1 N–H and O–H groups in total. The summed E-state index contributed by atoms with van der Waals surface area (Å²) in [4.78, 5) is 17.2. The Morgan fingerprint density at radius 3 is 2.71 bits per heavy atom. The van der Waals surface area contributed by atoms with E-state index in [1.165, 1.54) is 0 Å². The number of nitrogens with one attached hydrogen (secondary N) is 1. The van der Waals surface area contributed by atoms with Crippen LogP contribution in [0.1, 0.15) is 31.4 Å². The third kappa shape index (κ3) is 4.25. The molecular weight excluding hydrogens is 352 g/mol. The van der Waals surface area contributed by atoms with E-state index in [-0.39, 0.29) is 5.91 Å². The third-order valence-electron chi connectivity index (χ3n) is 4.68. The Labute approximate surface area is 165 Å². The van der Waals surface area contributed by atoms with Gasteiger partial charge in [0.15, 0.2) is 6.10 Å². The first-order valence-electron chi connectivity index (χ1n) is 9.55. The zero-order chi connectivity index (χ0) is 20.1. The molecule has 0 aliphatic carbocycles. The SMILES string of the molecule is CCCOc1ccc(NC(=O)[C@H](C)Oc2cccc(C)c2C)c2cccnc12. The topological polar surface area (TPSA) is 60.5 Å². The highest BCUT2D eigenvalue weighted by Gasteiger charge is 2.18. The molecule has 1 amide bonds. The number of carbonyl (C=O) groups excluding carboxylic acids is 1. The maximum atomic E-state index is 12.7. The second-order valence-corrected chi connectivity index (χ2v) is 6.81. The fraction of sp³-hybridized carbons (Fsp3) is 0.304. The molecule has 2 aromatic carbocycles. The van der Waals surface area contributed by atoms with Crippen LogP contribution in [0.25, 0.3) is 10.9 Å². The van der Waals surface area contributed by atoms with Gasteiger partial charge in [0.05, 0.1) is 12.3 Å². The molecule has 0 fully saturated rings. The fourth-order valence-electron chi connectivity index (χ4n) is 2.91. The van der Waals surface area contributed by atoms with Crippen LogP contribution in [-0.2, 0) is 4.79 Å². The highest BCUT2D eigenvalue weighted by atomic mass is 16.5. The zero-order valence-corrected chi connectivity index (χ0v) is 16.8. The Kier molecular flexibility index (Phi) is 6.14. The Morgan fingerprint density at radius 2 is 1.93 bits per heavy atom. The molecule has 0 saturated carbocycles. The maximum absolute atomic E-state index is 12.7. The highest BCUT2D eigenvalue weighted by molar-refractivity contribution is 6.04.